The van der Waals surface area contributed by atoms with E-state index in [1.54, 1.807) is 6.92 Å². The van der Waals surface area contributed by atoms with E-state index < -0.39 is 21.2 Å². The predicted molar refractivity (Wildman–Crippen MR) is 73.3 cm³/mol. The lowest BCUT2D eigenvalue weighted by Gasteiger charge is -2.22. The highest BCUT2D eigenvalue weighted by molar-refractivity contribution is 7.90. The predicted octanol–water partition coefficient (Wildman–Crippen LogP) is 1.62. The van der Waals surface area contributed by atoms with Gasteiger partial charge in [0.05, 0.1) is 0 Å². The molecule has 1 rings (SSSR count). The molecule has 0 radical (unpaired) electrons. The van der Waals surface area contributed by atoms with E-state index in [-0.39, 0.29) is 13.1 Å². The molecule has 0 spiro atoms. The maximum absolute atomic E-state index is 12.1. The van der Waals surface area contributed by atoms with Crippen molar-refractivity contribution in [3.63, 3.8) is 0 Å². The van der Waals surface area contributed by atoms with Gasteiger partial charge in [0.1, 0.15) is 0 Å². The largest absolute Gasteiger partial charge is 0.480 e. The van der Waals surface area contributed by atoms with Crippen LogP contribution in [0.4, 0.5) is 0 Å². The summed E-state index contributed by atoms with van der Waals surface area (Å²) < 4.78 is 25.5. The summed E-state index contributed by atoms with van der Waals surface area (Å²) in [6, 6.07) is 7.50. The van der Waals surface area contributed by atoms with Crippen molar-refractivity contribution in [3.8, 4) is 0 Å². The van der Waals surface area contributed by atoms with Crippen molar-refractivity contribution in [2.24, 2.45) is 0 Å². The highest BCUT2D eigenvalue weighted by Gasteiger charge is 2.32. The molecule has 0 fully saturated rings. The monoisotopic (exact) mass is 285 g/mol. The van der Waals surface area contributed by atoms with Crippen LogP contribution in [0.2, 0.25) is 0 Å². The summed E-state index contributed by atoms with van der Waals surface area (Å²) in [5.74, 6) is -1.33. The van der Waals surface area contributed by atoms with E-state index in [9.17, 15) is 13.2 Å². The summed E-state index contributed by atoms with van der Waals surface area (Å²) in [6.45, 7) is 5.25. The Balaban J connectivity index is 2.99. The summed E-state index contributed by atoms with van der Waals surface area (Å²) in [4.78, 5) is 10.9. The van der Waals surface area contributed by atoms with Crippen LogP contribution in [0, 0.1) is 6.92 Å². The lowest BCUT2D eigenvalue weighted by molar-refractivity contribution is -0.136. The number of sulfonamides is 1. The van der Waals surface area contributed by atoms with Crippen molar-refractivity contribution in [2.75, 3.05) is 6.54 Å². The first kappa shape index (κ1) is 15.7. The highest BCUT2D eigenvalue weighted by atomic mass is 32.2. The van der Waals surface area contributed by atoms with Gasteiger partial charge >= 0.3 is 5.97 Å². The third kappa shape index (κ3) is 3.78. The number of carbonyl (C=O) groups is 1. The maximum atomic E-state index is 12.1. The van der Waals surface area contributed by atoms with Gasteiger partial charge < -0.3 is 5.11 Å². The number of benzene rings is 1. The highest BCUT2D eigenvalue weighted by Crippen LogP contribution is 2.14. The maximum Gasteiger partial charge on any atom is 0.323 e. The van der Waals surface area contributed by atoms with Crippen LogP contribution in [0.5, 0.6) is 0 Å². The molecule has 1 unspecified atom stereocenters. The van der Waals surface area contributed by atoms with E-state index in [4.69, 9.17) is 5.11 Å². The summed E-state index contributed by atoms with van der Waals surface area (Å²) >= 11 is 0. The fraction of sp³-hybridized carbons (Fsp3) is 0.462. The third-order valence-corrected chi connectivity index (χ3v) is 5.15. The van der Waals surface area contributed by atoms with E-state index in [1.165, 1.54) is 11.2 Å². The molecule has 0 amide bonds. The van der Waals surface area contributed by atoms with Gasteiger partial charge in [-0.2, -0.15) is 4.31 Å². The quantitative estimate of drug-likeness (QED) is 0.862. The van der Waals surface area contributed by atoms with Crippen LogP contribution in [0.15, 0.2) is 24.3 Å². The Kier molecular flexibility index (Phi) is 5.08. The van der Waals surface area contributed by atoms with E-state index in [2.05, 4.69) is 0 Å². The number of aliphatic carboxylic acids is 1. The Morgan fingerprint density at radius 2 is 2.05 bits per heavy atom. The number of carboxylic acids is 1. The summed E-state index contributed by atoms with van der Waals surface area (Å²) in [5, 5.41) is 7.43. The Morgan fingerprint density at radius 3 is 2.53 bits per heavy atom. The van der Waals surface area contributed by atoms with Crippen molar-refractivity contribution in [2.45, 2.75) is 32.6 Å². The first-order chi connectivity index (χ1) is 8.78. The van der Waals surface area contributed by atoms with E-state index in [0.717, 1.165) is 11.1 Å². The van der Waals surface area contributed by atoms with Crippen molar-refractivity contribution >= 4 is 16.0 Å². The van der Waals surface area contributed by atoms with Crippen molar-refractivity contribution in [3.05, 3.63) is 35.4 Å². The van der Waals surface area contributed by atoms with Gasteiger partial charge in [0.15, 0.2) is 5.25 Å². The molecule has 0 saturated heterocycles. The minimum Gasteiger partial charge on any atom is -0.480 e. The van der Waals surface area contributed by atoms with Crippen molar-refractivity contribution < 1.29 is 18.3 Å². The van der Waals surface area contributed by atoms with Gasteiger partial charge in [0, 0.05) is 13.1 Å². The number of nitrogens with zero attached hydrogens (tertiary/aromatic N) is 1. The molecule has 0 aliphatic heterocycles. The smallest absolute Gasteiger partial charge is 0.323 e. The summed E-state index contributed by atoms with van der Waals surface area (Å²) in [7, 11) is -3.83. The zero-order chi connectivity index (χ0) is 14.6. The molecule has 0 saturated carbocycles. The second kappa shape index (κ2) is 6.16. The van der Waals surface area contributed by atoms with Crippen LogP contribution in [0.25, 0.3) is 0 Å². The SMILES string of the molecule is CCN(Cc1cccc(C)c1)S(=O)(=O)C(C)C(=O)O. The number of aryl methyl sites for hydroxylation is 1. The molecule has 1 N–H and O–H groups in total. The first-order valence-electron chi connectivity index (χ1n) is 6.06. The fourth-order valence-corrected chi connectivity index (χ4v) is 3.14. The molecule has 0 aromatic heterocycles. The molecule has 6 heteroatoms. The number of hydrogen-bond donors (Lipinski definition) is 1. The molecule has 5 nitrogen and oxygen atoms in total. The third-order valence-electron chi connectivity index (χ3n) is 2.95. The average molecular weight is 285 g/mol. The molecular weight excluding hydrogens is 266 g/mol. The molecule has 1 aromatic carbocycles. The van der Waals surface area contributed by atoms with Gasteiger partial charge in [-0.3, -0.25) is 4.79 Å². The fourth-order valence-electron chi connectivity index (χ4n) is 1.75. The first-order valence-corrected chi connectivity index (χ1v) is 7.56. The van der Waals surface area contributed by atoms with E-state index in [1.807, 2.05) is 31.2 Å². The van der Waals surface area contributed by atoms with Gasteiger partial charge in [-0.05, 0) is 19.4 Å². The van der Waals surface area contributed by atoms with E-state index in [0.29, 0.717) is 0 Å². The zero-order valence-electron chi connectivity index (χ0n) is 11.3. The molecule has 0 aliphatic carbocycles. The Bertz CT molecular complexity index is 554. The van der Waals surface area contributed by atoms with Crippen LogP contribution < -0.4 is 0 Å². The van der Waals surface area contributed by atoms with Crippen molar-refractivity contribution in [1.29, 1.82) is 0 Å². The van der Waals surface area contributed by atoms with Gasteiger partial charge in [-0.1, -0.05) is 36.8 Å². The van der Waals surface area contributed by atoms with Crippen LogP contribution in [0.3, 0.4) is 0 Å². The lowest BCUT2D eigenvalue weighted by atomic mass is 10.1. The van der Waals surface area contributed by atoms with Crippen LogP contribution in [0.1, 0.15) is 25.0 Å². The number of carboxylic acid groups (broad SMARTS) is 1. The molecule has 0 aliphatic rings. The number of hydrogen-bond acceptors (Lipinski definition) is 3. The van der Waals surface area contributed by atoms with Gasteiger partial charge in [-0.15, -0.1) is 0 Å². The Labute approximate surface area is 113 Å². The van der Waals surface area contributed by atoms with Crippen LogP contribution in [-0.2, 0) is 21.4 Å². The Hall–Kier alpha value is -1.40. The van der Waals surface area contributed by atoms with Crippen LogP contribution >= 0.6 is 0 Å². The molecule has 1 atom stereocenters. The van der Waals surface area contributed by atoms with Crippen LogP contribution in [-0.4, -0.2) is 35.6 Å². The van der Waals surface area contributed by atoms with Gasteiger partial charge in [0.25, 0.3) is 0 Å². The topological polar surface area (TPSA) is 74.7 Å². The second-order valence-corrected chi connectivity index (χ2v) is 6.69. The Morgan fingerprint density at radius 1 is 1.42 bits per heavy atom. The number of rotatable bonds is 6. The van der Waals surface area contributed by atoms with Gasteiger partial charge in [0.2, 0.25) is 10.0 Å². The summed E-state index contributed by atoms with van der Waals surface area (Å²) in [5.41, 5.74) is 1.89. The van der Waals surface area contributed by atoms with Gasteiger partial charge in [-0.25, -0.2) is 8.42 Å². The second-order valence-electron chi connectivity index (χ2n) is 4.44. The lowest BCUT2D eigenvalue weighted by Crippen LogP contribution is -2.40. The molecule has 0 bridgehead atoms. The summed E-state index contributed by atoms with van der Waals surface area (Å²) in [6.07, 6.45) is 0. The molecular formula is C13H19NO4S. The molecule has 106 valence electrons. The average Bonchev–Trinajstić information content (AvgIpc) is 2.34. The molecule has 19 heavy (non-hydrogen) atoms. The zero-order valence-corrected chi connectivity index (χ0v) is 12.1. The molecule has 1 aromatic rings. The minimum atomic E-state index is -3.83. The normalized spacial score (nSPS) is 13.5. The van der Waals surface area contributed by atoms with E-state index >= 15 is 0 Å². The van der Waals surface area contributed by atoms with Crippen molar-refractivity contribution in [1.82, 2.24) is 4.31 Å². The molecule has 0 heterocycles. The minimum absolute atomic E-state index is 0.193. The standard InChI is InChI=1S/C13H19NO4S/c1-4-14(19(17,18)11(3)13(15)16)9-12-7-5-6-10(2)8-12/h5-8,11H,4,9H2,1-3H3,(H,15,16).